The molecule has 0 aromatic carbocycles. The summed E-state index contributed by atoms with van der Waals surface area (Å²) in [6, 6.07) is 1.29. The van der Waals surface area contributed by atoms with Crippen LogP contribution < -0.4 is 0 Å². The summed E-state index contributed by atoms with van der Waals surface area (Å²) in [6.07, 6.45) is 1.30. The lowest BCUT2D eigenvalue weighted by Crippen LogP contribution is -2.07. The number of carbonyl (C=O) groups excluding carboxylic acids is 1. The molecule has 0 radical (unpaired) electrons. The van der Waals surface area contributed by atoms with Crippen LogP contribution in [-0.2, 0) is 6.61 Å². The third-order valence-electron chi connectivity index (χ3n) is 1.53. The Labute approximate surface area is 82.7 Å². The van der Waals surface area contributed by atoms with E-state index in [2.05, 4.69) is 20.9 Å². The Balaban J connectivity index is 3.15. The molecule has 0 unspecified atom stereocenters. The number of aliphatic hydroxyl groups excluding tert-OH is 1. The molecule has 0 amide bonds. The predicted octanol–water partition coefficient (Wildman–Crippen LogP) is 1.29. The van der Waals surface area contributed by atoms with E-state index in [-0.39, 0.29) is 22.4 Å². The van der Waals surface area contributed by atoms with Gasteiger partial charge in [-0.05, 0) is 6.07 Å². The Bertz CT molecular complexity index is 330. The van der Waals surface area contributed by atoms with Gasteiger partial charge in [0.15, 0.2) is 11.6 Å². The Morgan fingerprint density at radius 2 is 2.38 bits per heavy atom. The monoisotopic (exact) mass is 247 g/mol. The van der Waals surface area contributed by atoms with Gasteiger partial charge in [0, 0.05) is 6.20 Å². The van der Waals surface area contributed by atoms with E-state index < -0.39 is 12.4 Å². The van der Waals surface area contributed by atoms with Crippen molar-refractivity contribution in [3.8, 4) is 0 Å². The molecular formula is C8H7BrFNO2. The average molecular weight is 248 g/mol. The summed E-state index contributed by atoms with van der Waals surface area (Å²) in [4.78, 5) is 14.7. The van der Waals surface area contributed by atoms with Crippen LogP contribution in [0.15, 0.2) is 12.3 Å². The number of aliphatic hydroxyl groups is 1. The SMILES string of the molecule is O=C(CBr)c1ccnc(CO)c1F. The van der Waals surface area contributed by atoms with E-state index in [4.69, 9.17) is 5.11 Å². The second-order valence-corrected chi connectivity index (χ2v) is 2.89. The molecule has 0 saturated heterocycles. The van der Waals surface area contributed by atoms with Gasteiger partial charge in [0.1, 0.15) is 5.69 Å². The normalized spacial score (nSPS) is 10.1. The highest BCUT2D eigenvalue weighted by Crippen LogP contribution is 2.11. The van der Waals surface area contributed by atoms with Crippen LogP contribution in [0.2, 0.25) is 0 Å². The molecule has 0 saturated carbocycles. The lowest BCUT2D eigenvalue weighted by atomic mass is 10.1. The van der Waals surface area contributed by atoms with E-state index in [1.165, 1.54) is 12.3 Å². The number of hydrogen-bond donors (Lipinski definition) is 1. The fourth-order valence-corrected chi connectivity index (χ4v) is 1.19. The molecule has 0 spiro atoms. The molecule has 1 heterocycles. The Morgan fingerprint density at radius 1 is 1.69 bits per heavy atom. The van der Waals surface area contributed by atoms with Gasteiger partial charge in [-0.25, -0.2) is 4.39 Å². The maximum Gasteiger partial charge on any atom is 0.176 e. The van der Waals surface area contributed by atoms with Crippen LogP contribution in [-0.4, -0.2) is 21.2 Å². The van der Waals surface area contributed by atoms with Crippen LogP contribution in [0.4, 0.5) is 4.39 Å². The smallest absolute Gasteiger partial charge is 0.176 e. The number of nitrogens with zero attached hydrogens (tertiary/aromatic N) is 1. The van der Waals surface area contributed by atoms with Crippen molar-refractivity contribution in [2.75, 3.05) is 5.33 Å². The average Bonchev–Trinajstić information content (AvgIpc) is 2.17. The van der Waals surface area contributed by atoms with Gasteiger partial charge in [-0.1, -0.05) is 15.9 Å². The van der Waals surface area contributed by atoms with E-state index >= 15 is 0 Å². The number of rotatable bonds is 3. The highest BCUT2D eigenvalue weighted by Gasteiger charge is 2.13. The molecule has 1 aromatic rings. The minimum atomic E-state index is -0.741. The Kier molecular flexibility index (Phi) is 3.50. The molecule has 1 N–H and O–H groups in total. The summed E-state index contributed by atoms with van der Waals surface area (Å²) in [7, 11) is 0. The van der Waals surface area contributed by atoms with E-state index in [0.717, 1.165) is 0 Å². The number of carbonyl (C=O) groups is 1. The van der Waals surface area contributed by atoms with Gasteiger partial charge in [-0.3, -0.25) is 9.78 Å². The molecule has 0 bridgehead atoms. The van der Waals surface area contributed by atoms with Crippen LogP contribution >= 0.6 is 15.9 Å². The van der Waals surface area contributed by atoms with Crippen LogP contribution in [0.1, 0.15) is 16.1 Å². The second kappa shape index (κ2) is 4.43. The van der Waals surface area contributed by atoms with Gasteiger partial charge in [0.25, 0.3) is 0 Å². The predicted molar refractivity (Wildman–Crippen MR) is 48.2 cm³/mol. The van der Waals surface area contributed by atoms with Crippen LogP contribution in [0.25, 0.3) is 0 Å². The molecule has 0 aliphatic rings. The van der Waals surface area contributed by atoms with Gasteiger partial charge in [0.2, 0.25) is 0 Å². The molecule has 1 rings (SSSR count). The highest BCUT2D eigenvalue weighted by molar-refractivity contribution is 9.09. The van der Waals surface area contributed by atoms with Crippen LogP contribution in [0.5, 0.6) is 0 Å². The van der Waals surface area contributed by atoms with Gasteiger partial charge in [-0.2, -0.15) is 0 Å². The summed E-state index contributed by atoms with van der Waals surface area (Å²) in [5.74, 6) is -1.11. The number of hydrogen-bond acceptors (Lipinski definition) is 3. The third-order valence-corrected chi connectivity index (χ3v) is 2.04. The lowest BCUT2D eigenvalue weighted by molar-refractivity contribution is 0.101. The maximum absolute atomic E-state index is 13.2. The first-order chi connectivity index (χ1) is 6.20. The van der Waals surface area contributed by atoms with Gasteiger partial charge in [0.05, 0.1) is 17.5 Å². The zero-order valence-electron chi connectivity index (χ0n) is 6.63. The van der Waals surface area contributed by atoms with Crippen molar-refractivity contribution in [3.05, 3.63) is 29.3 Å². The van der Waals surface area contributed by atoms with Crippen molar-refractivity contribution in [2.24, 2.45) is 0 Å². The van der Waals surface area contributed by atoms with E-state index in [0.29, 0.717) is 0 Å². The van der Waals surface area contributed by atoms with E-state index in [1.807, 2.05) is 0 Å². The molecule has 1 aromatic heterocycles. The molecule has 13 heavy (non-hydrogen) atoms. The molecule has 0 aliphatic heterocycles. The fraction of sp³-hybridized carbons (Fsp3) is 0.250. The molecular weight excluding hydrogens is 241 g/mol. The van der Waals surface area contributed by atoms with E-state index in [1.54, 1.807) is 0 Å². The van der Waals surface area contributed by atoms with Gasteiger partial charge in [-0.15, -0.1) is 0 Å². The fourth-order valence-electron chi connectivity index (χ4n) is 0.885. The summed E-state index contributed by atoms with van der Waals surface area (Å²) >= 11 is 2.93. The summed E-state index contributed by atoms with van der Waals surface area (Å²) in [5, 5.41) is 8.73. The Hall–Kier alpha value is -0.810. The second-order valence-electron chi connectivity index (χ2n) is 2.33. The van der Waals surface area contributed by atoms with E-state index in [9.17, 15) is 9.18 Å². The molecule has 0 aliphatic carbocycles. The van der Waals surface area contributed by atoms with Crippen LogP contribution in [0, 0.1) is 5.82 Å². The number of Topliss-reactive ketones (excluding diaryl/α,β-unsaturated/α-hetero) is 1. The number of pyridine rings is 1. The zero-order chi connectivity index (χ0) is 9.84. The summed E-state index contributed by atoms with van der Waals surface area (Å²) in [6.45, 7) is -0.505. The standard InChI is InChI=1S/C8H7BrFNO2/c9-3-7(13)5-1-2-11-6(4-12)8(5)10/h1-2,12H,3-4H2. The van der Waals surface area contributed by atoms with Crippen LogP contribution in [0.3, 0.4) is 0 Å². The first-order valence-electron chi connectivity index (χ1n) is 3.54. The Morgan fingerprint density at radius 3 is 2.92 bits per heavy atom. The van der Waals surface area contributed by atoms with Crippen molar-refractivity contribution in [2.45, 2.75) is 6.61 Å². The molecule has 3 nitrogen and oxygen atoms in total. The molecule has 70 valence electrons. The first-order valence-corrected chi connectivity index (χ1v) is 4.66. The minimum Gasteiger partial charge on any atom is -0.390 e. The molecule has 0 fully saturated rings. The number of ketones is 1. The van der Waals surface area contributed by atoms with Crippen molar-refractivity contribution < 1.29 is 14.3 Å². The quantitative estimate of drug-likeness (QED) is 0.647. The molecule has 0 atom stereocenters. The van der Waals surface area contributed by atoms with Crippen molar-refractivity contribution >= 4 is 21.7 Å². The summed E-state index contributed by atoms with van der Waals surface area (Å²) in [5.41, 5.74) is -0.150. The van der Waals surface area contributed by atoms with Crippen molar-refractivity contribution in [1.82, 2.24) is 4.98 Å². The largest absolute Gasteiger partial charge is 0.390 e. The van der Waals surface area contributed by atoms with Crippen molar-refractivity contribution in [1.29, 1.82) is 0 Å². The minimum absolute atomic E-state index is 0.0454. The van der Waals surface area contributed by atoms with Crippen molar-refractivity contribution in [3.63, 3.8) is 0 Å². The maximum atomic E-state index is 13.2. The highest BCUT2D eigenvalue weighted by atomic mass is 79.9. The summed E-state index contributed by atoms with van der Waals surface area (Å²) < 4.78 is 13.2. The molecule has 5 heteroatoms. The number of alkyl halides is 1. The topological polar surface area (TPSA) is 50.2 Å². The number of aromatic nitrogens is 1. The number of halogens is 2. The third kappa shape index (κ3) is 2.10. The first kappa shape index (κ1) is 10.3. The van der Waals surface area contributed by atoms with Gasteiger partial charge < -0.3 is 5.11 Å². The lowest BCUT2D eigenvalue weighted by Gasteiger charge is -2.02. The van der Waals surface area contributed by atoms with Gasteiger partial charge >= 0.3 is 0 Å². The zero-order valence-corrected chi connectivity index (χ0v) is 8.21.